The van der Waals surface area contributed by atoms with Gasteiger partial charge in [0.25, 0.3) is 0 Å². The fourth-order valence-corrected chi connectivity index (χ4v) is 0.856. The highest BCUT2D eigenvalue weighted by Gasteiger charge is 1.99. The van der Waals surface area contributed by atoms with Gasteiger partial charge in [-0.2, -0.15) is 11.8 Å². The van der Waals surface area contributed by atoms with Crippen molar-refractivity contribution in [3.05, 3.63) is 35.9 Å². The van der Waals surface area contributed by atoms with Crippen molar-refractivity contribution in [2.45, 2.75) is 0 Å². The van der Waals surface area contributed by atoms with Crippen molar-refractivity contribution in [1.82, 2.24) is 0 Å². The van der Waals surface area contributed by atoms with Gasteiger partial charge in [0.1, 0.15) is 0 Å². The first kappa shape index (κ1) is 12.5. The summed E-state index contributed by atoms with van der Waals surface area (Å²) in [6, 6.07) is 9.01. The molecule has 0 bridgehead atoms. The van der Waals surface area contributed by atoms with Crippen LogP contribution in [0.3, 0.4) is 0 Å². The number of halogens is 1. The zero-order valence-electron chi connectivity index (χ0n) is 7.79. The summed E-state index contributed by atoms with van der Waals surface area (Å²) >= 11 is 7.09. The number of thioether (sulfide) groups is 1. The highest BCUT2D eigenvalue weighted by Crippen LogP contribution is 2.00. The largest absolute Gasteiger partial charge is 0.293 e. The smallest absolute Gasteiger partial charge is 0.177 e. The Morgan fingerprint density at radius 1 is 1.31 bits per heavy atom. The van der Waals surface area contributed by atoms with E-state index in [9.17, 15) is 4.79 Å². The molecule has 0 spiro atoms. The number of alkyl halides is 1. The van der Waals surface area contributed by atoms with Gasteiger partial charge in [0.15, 0.2) is 5.78 Å². The number of hydrogen-bond donors (Lipinski definition) is 0. The van der Waals surface area contributed by atoms with Crippen LogP contribution in [0.1, 0.15) is 10.4 Å². The van der Waals surface area contributed by atoms with Gasteiger partial charge < -0.3 is 0 Å². The zero-order valence-corrected chi connectivity index (χ0v) is 9.36. The molecule has 0 atom stereocenters. The van der Waals surface area contributed by atoms with E-state index in [1.807, 2.05) is 30.7 Å². The fraction of sp³-hybridized carbons (Fsp3) is 0.300. The molecule has 0 heterocycles. The summed E-state index contributed by atoms with van der Waals surface area (Å²) in [6.07, 6.45) is 4.08. The van der Waals surface area contributed by atoms with Crippen LogP contribution in [0.15, 0.2) is 30.3 Å². The van der Waals surface area contributed by atoms with Crippen LogP contribution >= 0.6 is 23.4 Å². The van der Waals surface area contributed by atoms with Gasteiger partial charge >= 0.3 is 0 Å². The maximum atomic E-state index is 10.9. The van der Waals surface area contributed by atoms with Gasteiger partial charge in [-0.15, -0.1) is 11.6 Å². The molecule has 1 aromatic carbocycles. The lowest BCUT2D eigenvalue weighted by atomic mass is 10.2. The van der Waals surface area contributed by atoms with E-state index in [0.717, 1.165) is 0 Å². The minimum Gasteiger partial charge on any atom is -0.293 e. The van der Waals surface area contributed by atoms with Gasteiger partial charge in [-0.1, -0.05) is 30.3 Å². The number of carbonyl (C=O) groups excluding carboxylic acids is 1. The molecule has 0 N–H and O–H groups in total. The molecule has 0 radical (unpaired) electrons. The topological polar surface area (TPSA) is 17.1 Å². The van der Waals surface area contributed by atoms with Crippen LogP contribution in [-0.2, 0) is 0 Å². The lowest BCUT2D eigenvalue weighted by Gasteiger charge is -1.92. The maximum absolute atomic E-state index is 10.9. The first-order valence-corrected chi connectivity index (χ1v) is 5.97. The Labute approximate surface area is 88.5 Å². The summed E-state index contributed by atoms with van der Waals surface area (Å²) in [5, 5.41) is 0. The zero-order chi connectivity index (χ0) is 10.1. The third-order valence-electron chi connectivity index (χ3n) is 1.22. The molecule has 13 heavy (non-hydrogen) atoms. The summed E-state index contributed by atoms with van der Waals surface area (Å²) in [5.74, 6) is 0.0339. The molecular formula is C10H13ClOS. The number of Topliss-reactive ketones (excluding diaryl/α,β-unsaturated/α-hetero) is 1. The third kappa shape index (κ3) is 5.72. The second kappa shape index (κ2) is 8.14. The summed E-state index contributed by atoms with van der Waals surface area (Å²) in [4.78, 5) is 10.9. The number of ketones is 1. The van der Waals surface area contributed by atoms with Gasteiger partial charge in [-0.25, -0.2) is 0 Å². The van der Waals surface area contributed by atoms with E-state index < -0.39 is 0 Å². The molecule has 0 aliphatic carbocycles. The normalized spacial score (nSPS) is 8.54. The van der Waals surface area contributed by atoms with Crippen molar-refractivity contribution < 1.29 is 4.79 Å². The third-order valence-corrected chi connectivity index (χ3v) is 1.46. The average Bonchev–Trinajstić information content (AvgIpc) is 2.19. The van der Waals surface area contributed by atoms with Crippen LogP contribution in [0.25, 0.3) is 0 Å². The van der Waals surface area contributed by atoms with Gasteiger partial charge in [-0.3, -0.25) is 4.79 Å². The van der Waals surface area contributed by atoms with Gasteiger partial charge in [0, 0.05) is 5.56 Å². The molecule has 0 saturated heterocycles. The Kier molecular flexibility index (Phi) is 7.85. The molecule has 3 heteroatoms. The van der Waals surface area contributed by atoms with Crippen molar-refractivity contribution in [2.24, 2.45) is 0 Å². The standard InChI is InChI=1S/C8H7ClO.C2H6S/c9-6-8(10)7-4-2-1-3-5-7;1-3-2/h1-5H,6H2;1-2H3. The molecule has 0 unspecified atom stereocenters. The summed E-state index contributed by atoms with van der Waals surface area (Å²) in [6.45, 7) is 0. The lowest BCUT2D eigenvalue weighted by Crippen LogP contribution is -1.98. The molecule has 1 aromatic rings. The molecule has 0 fully saturated rings. The Hall–Kier alpha value is -0.470. The Morgan fingerprint density at radius 3 is 2.15 bits per heavy atom. The minimum absolute atomic E-state index is 0.0257. The van der Waals surface area contributed by atoms with Crippen LogP contribution in [0.5, 0.6) is 0 Å². The van der Waals surface area contributed by atoms with Gasteiger partial charge in [0.2, 0.25) is 0 Å². The average molecular weight is 217 g/mol. The molecule has 1 nitrogen and oxygen atoms in total. The van der Waals surface area contributed by atoms with Crippen LogP contribution in [0.4, 0.5) is 0 Å². The van der Waals surface area contributed by atoms with E-state index in [1.54, 1.807) is 23.9 Å². The quantitative estimate of drug-likeness (QED) is 0.558. The summed E-state index contributed by atoms with van der Waals surface area (Å²) in [5.41, 5.74) is 0.678. The first-order chi connectivity index (χ1) is 6.26. The van der Waals surface area contributed by atoms with Crippen molar-refractivity contribution in [3.8, 4) is 0 Å². The number of rotatable bonds is 2. The molecule has 0 amide bonds. The van der Waals surface area contributed by atoms with E-state index in [2.05, 4.69) is 0 Å². The predicted molar refractivity (Wildman–Crippen MR) is 60.9 cm³/mol. The molecule has 0 saturated carbocycles. The van der Waals surface area contributed by atoms with Crippen LogP contribution < -0.4 is 0 Å². The fourth-order valence-electron chi connectivity index (χ4n) is 0.701. The van der Waals surface area contributed by atoms with Crippen molar-refractivity contribution >= 4 is 29.1 Å². The molecule has 0 aliphatic rings. The van der Waals surface area contributed by atoms with Crippen molar-refractivity contribution in [1.29, 1.82) is 0 Å². The highest BCUT2D eigenvalue weighted by molar-refractivity contribution is 7.97. The van der Waals surface area contributed by atoms with Gasteiger partial charge in [0.05, 0.1) is 5.88 Å². The number of carbonyl (C=O) groups is 1. The van der Waals surface area contributed by atoms with E-state index in [0.29, 0.717) is 5.56 Å². The highest BCUT2D eigenvalue weighted by atomic mass is 35.5. The minimum atomic E-state index is -0.0257. The summed E-state index contributed by atoms with van der Waals surface area (Å²) in [7, 11) is 0. The SMILES string of the molecule is CSC.O=C(CCl)c1ccccc1. The first-order valence-electron chi connectivity index (χ1n) is 3.80. The van der Waals surface area contributed by atoms with Gasteiger partial charge in [-0.05, 0) is 12.5 Å². The van der Waals surface area contributed by atoms with E-state index in [-0.39, 0.29) is 11.7 Å². The molecule has 1 rings (SSSR count). The molecular weight excluding hydrogens is 204 g/mol. The Bertz CT molecular complexity index is 236. The van der Waals surface area contributed by atoms with Crippen molar-refractivity contribution in [3.63, 3.8) is 0 Å². The van der Waals surface area contributed by atoms with Crippen LogP contribution in [-0.4, -0.2) is 24.2 Å². The van der Waals surface area contributed by atoms with Crippen LogP contribution in [0, 0.1) is 0 Å². The number of benzene rings is 1. The summed E-state index contributed by atoms with van der Waals surface area (Å²) < 4.78 is 0. The molecule has 0 aliphatic heterocycles. The predicted octanol–water partition coefficient (Wildman–Crippen LogP) is 3.09. The van der Waals surface area contributed by atoms with E-state index >= 15 is 0 Å². The second-order valence-electron chi connectivity index (χ2n) is 2.33. The number of hydrogen-bond acceptors (Lipinski definition) is 2. The Morgan fingerprint density at radius 2 is 1.77 bits per heavy atom. The van der Waals surface area contributed by atoms with Crippen molar-refractivity contribution in [2.75, 3.05) is 18.4 Å². The van der Waals surface area contributed by atoms with Crippen LogP contribution in [0.2, 0.25) is 0 Å². The Balaban J connectivity index is 0.000000424. The second-order valence-corrected chi connectivity index (χ2v) is 3.41. The molecule has 72 valence electrons. The van der Waals surface area contributed by atoms with E-state index in [1.165, 1.54) is 0 Å². The lowest BCUT2D eigenvalue weighted by molar-refractivity contribution is 0.102. The van der Waals surface area contributed by atoms with E-state index in [4.69, 9.17) is 11.6 Å². The molecule has 0 aromatic heterocycles. The monoisotopic (exact) mass is 216 g/mol. The maximum Gasteiger partial charge on any atom is 0.177 e.